The number of ketones is 1. The van der Waals surface area contributed by atoms with Gasteiger partial charge in [0, 0.05) is 11.1 Å². The Balaban J connectivity index is 2.44. The van der Waals surface area contributed by atoms with Crippen molar-refractivity contribution in [1.82, 2.24) is 0 Å². The molecule has 0 amide bonds. The quantitative estimate of drug-likeness (QED) is 0.565. The maximum absolute atomic E-state index is 12.3. The number of aliphatic hydroxyl groups is 2. The van der Waals surface area contributed by atoms with Crippen molar-refractivity contribution in [2.45, 2.75) is 6.48 Å². The van der Waals surface area contributed by atoms with Crippen LogP contribution in [0.3, 0.4) is 0 Å². The fraction of sp³-hybridized carbons (Fsp3) is 0.0667. The first-order chi connectivity index (χ1) is 9.99. The van der Waals surface area contributed by atoms with Crippen LogP contribution in [0.5, 0.6) is 5.75 Å². The molecule has 0 heterocycles. The first-order valence-corrected chi connectivity index (χ1v) is 5.99. The Morgan fingerprint density at radius 1 is 0.952 bits per heavy atom. The van der Waals surface area contributed by atoms with Gasteiger partial charge in [0.2, 0.25) is 0 Å². The van der Waals surface area contributed by atoms with E-state index in [0.717, 1.165) is 6.07 Å². The van der Waals surface area contributed by atoms with Gasteiger partial charge in [-0.3, -0.25) is 4.79 Å². The Morgan fingerprint density at radius 3 is 2.19 bits per heavy atom. The summed E-state index contributed by atoms with van der Waals surface area (Å²) in [6, 6.07) is 11.9. The fourth-order valence-electron chi connectivity index (χ4n) is 1.84. The van der Waals surface area contributed by atoms with Crippen LogP contribution in [0.25, 0.3) is 0 Å². The van der Waals surface area contributed by atoms with Crippen LogP contribution >= 0.6 is 0 Å². The van der Waals surface area contributed by atoms with Crippen molar-refractivity contribution in [1.29, 1.82) is 0 Å². The van der Waals surface area contributed by atoms with E-state index in [-0.39, 0.29) is 16.9 Å². The van der Waals surface area contributed by atoms with E-state index in [2.05, 4.69) is 4.74 Å². The van der Waals surface area contributed by atoms with Gasteiger partial charge in [-0.2, -0.15) is 0 Å². The van der Waals surface area contributed by atoms with Crippen LogP contribution in [0, 0.1) is 0 Å². The van der Waals surface area contributed by atoms with E-state index in [0.29, 0.717) is 5.56 Å². The number of carboxylic acids is 1. The van der Waals surface area contributed by atoms with Crippen molar-refractivity contribution in [2.24, 2.45) is 0 Å². The van der Waals surface area contributed by atoms with Gasteiger partial charge in [0.1, 0.15) is 5.75 Å². The van der Waals surface area contributed by atoms with Crippen LogP contribution in [0.4, 0.5) is 0 Å². The topological polar surface area (TPSA) is 104 Å². The van der Waals surface area contributed by atoms with E-state index in [1.165, 1.54) is 12.1 Å². The maximum atomic E-state index is 12.3. The summed E-state index contributed by atoms with van der Waals surface area (Å²) in [6.45, 7) is -2.07. The van der Waals surface area contributed by atoms with Crippen LogP contribution in [-0.2, 0) is 0 Å². The second-order valence-electron chi connectivity index (χ2n) is 4.15. The summed E-state index contributed by atoms with van der Waals surface area (Å²) >= 11 is 0. The zero-order chi connectivity index (χ0) is 15.4. The molecule has 21 heavy (non-hydrogen) atoms. The van der Waals surface area contributed by atoms with E-state index in [1.54, 1.807) is 30.3 Å². The van der Waals surface area contributed by atoms with Crippen molar-refractivity contribution >= 4 is 11.8 Å². The van der Waals surface area contributed by atoms with Crippen LogP contribution in [0.15, 0.2) is 48.5 Å². The minimum absolute atomic E-state index is 0.00604. The maximum Gasteiger partial charge on any atom is 0.336 e. The number of hydrogen-bond acceptors (Lipinski definition) is 5. The molecule has 0 aliphatic rings. The molecular formula is C15H12O6. The van der Waals surface area contributed by atoms with Gasteiger partial charge < -0.3 is 20.1 Å². The highest BCUT2D eigenvalue weighted by Crippen LogP contribution is 2.21. The van der Waals surface area contributed by atoms with Crippen LogP contribution < -0.4 is 4.74 Å². The van der Waals surface area contributed by atoms with Crippen molar-refractivity contribution in [2.75, 3.05) is 0 Å². The summed E-state index contributed by atoms with van der Waals surface area (Å²) in [5.74, 6) is -1.82. The van der Waals surface area contributed by atoms with Gasteiger partial charge in [0.25, 0.3) is 0 Å². The van der Waals surface area contributed by atoms with Crippen LogP contribution in [-0.4, -0.2) is 33.5 Å². The predicted octanol–water partition coefficient (Wildman–Crippen LogP) is 1.26. The molecule has 2 rings (SSSR count). The number of aromatic carboxylic acids is 1. The number of ether oxygens (including phenoxy) is 1. The minimum atomic E-state index is -2.07. The second kappa shape index (κ2) is 6.17. The molecule has 0 radical (unpaired) electrons. The van der Waals surface area contributed by atoms with Gasteiger partial charge in [-0.1, -0.05) is 30.3 Å². The minimum Gasteiger partial charge on any atom is -0.478 e. The van der Waals surface area contributed by atoms with E-state index < -0.39 is 18.2 Å². The summed E-state index contributed by atoms with van der Waals surface area (Å²) in [7, 11) is 0. The van der Waals surface area contributed by atoms with Gasteiger partial charge in [-0.05, 0) is 18.2 Å². The molecular weight excluding hydrogens is 276 g/mol. The van der Waals surface area contributed by atoms with Crippen molar-refractivity contribution in [3.63, 3.8) is 0 Å². The standard InChI is InChI=1S/C15H12O6/c16-13(9-4-2-1-3-5-9)11-7-6-10(21-15(19)20)8-12(11)14(17)18/h1-8,15,19-20H,(H,17,18). The highest BCUT2D eigenvalue weighted by atomic mass is 16.7. The van der Waals surface area contributed by atoms with Crippen LogP contribution in [0.1, 0.15) is 26.3 Å². The normalized spacial score (nSPS) is 10.4. The molecule has 0 atom stereocenters. The van der Waals surface area contributed by atoms with Gasteiger partial charge in [0.15, 0.2) is 5.78 Å². The van der Waals surface area contributed by atoms with Crippen molar-refractivity contribution in [3.05, 3.63) is 65.2 Å². The van der Waals surface area contributed by atoms with Gasteiger partial charge >= 0.3 is 12.4 Å². The molecule has 6 heteroatoms. The number of carboxylic acid groups (broad SMARTS) is 1. The summed E-state index contributed by atoms with van der Waals surface area (Å²) in [5.41, 5.74) is 0.0753. The Hall–Kier alpha value is -2.70. The zero-order valence-electron chi connectivity index (χ0n) is 10.8. The zero-order valence-corrected chi connectivity index (χ0v) is 10.8. The third-order valence-corrected chi connectivity index (χ3v) is 2.74. The lowest BCUT2D eigenvalue weighted by Gasteiger charge is -2.10. The first kappa shape index (κ1) is 14.7. The average molecular weight is 288 g/mol. The molecule has 0 saturated heterocycles. The third kappa shape index (κ3) is 3.44. The van der Waals surface area contributed by atoms with E-state index in [1.807, 2.05) is 0 Å². The Labute approximate surface area is 119 Å². The molecule has 0 spiro atoms. The largest absolute Gasteiger partial charge is 0.478 e. The van der Waals surface area contributed by atoms with Gasteiger partial charge in [-0.25, -0.2) is 4.79 Å². The van der Waals surface area contributed by atoms with Crippen LogP contribution in [0.2, 0.25) is 0 Å². The van der Waals surface area contributed by atoms with E-state index in [9.17, 15) is 14.7 Å². The molecule has 0 aliphatic carbocycles. The molecule has 2 aromatic rings. The lowest BCUT2D eigenvalue weighted by Crippen LogP contribution is -2.15. The molecule has 0 bridgehead atoms. The number of rotatable bonds is 5. The monoisotopic (exact) mass is 288 g/mol. The smallest absolute Gasteiger partial charge is 0.336 e. The molecule has 108 valence electrons. The molecule has 0 aliphatic heterocycles. The van der Waals surface area contributed by atoms with Gasteiger partial charge in [0.05, 0.1) is 5.56 Å². The molecule has 0 saturated carbocycles. The SMILES string of the molecule is O=C(O)c1cc(OC(O)O)ccc1C(=O)c1ccccc1. The number of aliphatic hydroxyl groups excluding tert-OH is 1. The average Bonchev–Trinajstić information content (AvgIpc) is 2.46. The first-order valence-electron chi connectivity index (χ1n) is 5.99. The lowest BCUT2D eigenvalue weighted by atomic mass is 9.98. The predicted molar refractivity (Wildman–Crippen MR) is 72.1 cm³/mol. The van der Waals surface area contributed by atoms with E-state index in [4.69, 9.17) is 10.2 Å². The molecule has 3 N–H and O–H groups in total. The molecule has 0 fully saturated rings. The Bertz CT molecular complexity index is 663. The van der Waals surface area contributed by atoms with Gasteiger partial charge in [-0.15, -0.1) is 0 Å². The Morgan fingerprint density at radius 2 is 1.62 bits per heavy atom. The number of carbonyl (C=O) groups is 2. The molecule has 0 unspecified atom stereocenters. The molecule has 0 aromatic heterocycles. The number of hydrogen-bond donors (Lipinski definition) is 3. The lowest BCUT2D eigenvalue weighted by molar-refractivity contribution is -0.179. The highest BCUT2D eigenvalue weighted by Gasteiger charge is 2.19. The Kier molecular flexibility index (Phi) is 4.32. The summed E-state index contributed by atoms with van der Waals surface area (Å²) in [6.07, 6.45) is 0. The fourth-order valence-corrected chi connectivity index (χ4v) is 1.84. The summed E-state index contributed by atoms with van der Waals surface area (Å²) in [4.78, 5) is 23.6. The number of benzene rings is 2. The second-order valence-corrected chi connectivity index (χ2v) is 4.15. The summed E-state index contributed by atoms with van der Waals surface area (Å²) < 4.78 is 4.58. The molecule has 6 nitrogen and oxygen atoms in total. The van der Waals surface area contributed by atoms with Crippen molar-refractivity contribution in [3.8, 4) is 5.75 Å². The molecule has 2 aromatic carbocycles. The number of carbonyl (C=O) groups excluding carboxylic acids is 1. The summed E-state index contributed by atoms with van der Waals surface area (Å²) in [5, 5.41) is 26.6. The third-order valence-electron chi connectivity index (χ3n) is 2.74. The van der Waals surface area contributed by atoms with Crippen molar-refractivity contribution < 1.29 is 29.6 Å². The highest BCUT2D eigenvalue weighted by molar-refractivity contribution is 6.14. The van der Waals surface area contributed by atoms with E-state index >= 15 is 0 Å².